The van der Waals surface area contributed by atoms with Crippen LogP contribution < -0.4 is 5.32 Å². The molecule has 0 saturated carbocycles. The maximum absolute atomic E-state index is 9.54. The summed E-state index contributed by atoms with van der Waals surface area (Å²) in [6.07, 6.45) is 1.42. The molecule has 1 atom stereocenters. The van der Waals surface area contributed by atoms with Gasteiger partial charge in [-0.2, -0.15) is 0 Å². The Balaban J connectivity index is 2.21. The second-order valence-electron chi connectivity index (χ2n) is 3.93. The molecule has 0 bridgehead atoms. The number of para-hydroxylation sites is 1. The standard InChI is InChI=1S/C12H17NO2/c1-15-6-5-9-3-2-4-10-7-11(14)8-13-12(9)10/h2-4,11,13-14H,5-8H2,1H3. The minimum atomic E-state index is -0.254. The fourth-order valence-corrected chi connectivity index (χ4v) is 2.02. The van der Waals surface area contributed by atoms with E-state index in [1.54, 1.807) is 7.11 Å². The van der Waals surface area contributed by atoms with Gasteiger partial charge in [-0.25, -0.2) is 0 Å². The maximum atomic E-state index is 9.54. The predicted octanol–water partition coefficient (Wildman–Crippen LogP) is 1.20. The van der Waals surface area contributed by atoms with Crippen molar-refractivity contribution in [2.75, 3.05) is 25.6 Å². The number of aliphatic hydroxyl groups excluding tert-OH is 1. The van der Waals surface area contributed by atoms with Crippen LogP contribution in [0.1, 0.15) is 11.1 Å². The summed E-state index contributed by atoms with van der Waals surface area (Å²) in [5.41, 5.74) is 3.68. The molecule has 0 aromatic heterocycles. The van der Waals surface area contributed by atoms with Crippen molar-refractivity contribution in [2.24, 2.45) is 0 Å². The van der Waals surface area contributed by atoms with Gasteiger partial charge in [-0.05, 0) is 17.5 Å². The Morgan fingerprint density at radius 3 is 3.20 bits per heavy atom. The number of methoxy groups -OCH3 is 1. The molecular formula is C12H17NO2. The van der Waals surface area contributed by atoms with E-state index in [-0.39, 0.29) is 6.10 Å². The molecule has 2 N–H and O–H groups in total. The van der Waals surface area contributed by atoms with E-state index >= 15 is 0 Å². The molecule has 0 aliphatic carbocycles. The van der Waals surface area contributed by atoms with Crippen molar-refractivity contribution in [2.45, 2.75) is 18.9 Å². The summed E-state index contributed by atoms with van der Waals surface area (Å²) in [5.74, 6) is 0. The van der Waals surface area contributed by atoms with Crippen molar-refractivity contribution in [3.05, 3.63) is 29.3 Å². The van der Waals surface area contributed by atoms with Crippen molar-refractivity contribution in [3.63, 3.8) is 0 Å². The lowest BCUT2D eigenvalue weighted by atomic mass is 9.97. The lowest BCUT2D eigenvalue weighted by Gasteiger charge is -2.24. The Hall–Kier alpha value is -1.06. The van der Waals surface area contributed by atoms with Crippen molar-refractivity contribution in [1.82, 2.24) is 0 Å². The van der Waals surface area contributed by atoms with Gasteiger partial charge in [0, 0.05) is 25.8 Å². The zero-order chi connectivity index (χ0) is 10.7. The van der Waals surface area contributed by atoms with Crippen LogP contribution in [0, 0.1) is 0 Å². The smallest absolute Gasteiger partial charge is 0.0753 e. The van der Waals surface area contributed by atoms with Gasteiger partial charge in [-0.1, -0.05) is 18.2 Å². The van der Waals surface area contributed by atoms with E-state index in [0.29, 0.717) is 6.54 Å². The van der Waals surface area contributed by atoms with E-state index in [4.69, 9.17) is 4.74 Å². The van der Waals surface area contributed by atoms with Crippen LogP contribution in [-0.4, -0.2) is 31.5 Å². The highest BCUT2D eigenvalue weighted by atomic mass is 16.5. The predicted molar refractivity (Wildman–Crippen MR) is 60.2 cm³/mol. The van der Waals surface area contributed by atoms with E-state index in [2.05, 4.69) is 17.4 Å². The molecule has 3 heteroatoms. The lowest BCUT2D eigenvalue weighted by Crippen LogP contribution is -2.28. The highest BCUT2D eigenvalue weighted by Gasteiger charge is 2.17. The molecule has 0 amide bonds. The topological polar surface area (TPSA) is 41.5 Å². The molecule has 1 aromatic rings. The monoisotopic (exact) mass is 207 g/mol. The second kappa shape index (κ2) is 4.64. The average Bonchev–Trinajstić information content (AvgIpc) is 2.25. The summed E-state index contributed by atoms with van der Waals surface area (Å²) in [7, 11) is 1.71. The van der Waals surface area contributed by atoms with Crippen LogP contribution in [0.25, 0.3) is 0 Å². The number of fused-ring (bicyclic) bond motifs is 1. The van der Waals surface area contributed by atoms with Gasteiger partial charge in [0.2, 0.25) is 0 Å². The minimum absolute atomic E-state index is 0.254. The molecule has 0 saturated heterocycles. The first-order chi connectivity index (χ1) is 7.31. The Labute approximate surface area is 90.1 Å². The van der Waals surface area contributed by atoms with E-state index in [1.807, 2.05) is 6.07 Å². The van der Waals surface area contributed by atoms with Crippen LogP contribution in [-0.2, 0) is 17.6 Å². The van der Waals surface area contributed by atoms with Gasteiger partial charge in [0.15, 0.2) is 0 Å². The first-order valence-electron chi connectivity index (χ1n) is 5.33. The summed E-state index contributed by atoms with van der Waals surface area (Å²) in [5, 5.41) is 12.8. The van der Waals surface area contributed by atoms with Gasteiger partial charge in [0.05, 0.1) is 12.7 Å². The van der Waals surface area contributed by atoms with E-state index in [9.17, 15) is 5.11 Å². The van der Waals surface area contributed by atoms with Crippen molar-refractivity contribution in [3.8, 4) is 0 Å². The minimum Gasteiger partial charge on any atom is -0.391 e. The number of hydrogen-bond acceptors (Lipinski definition) is 3. The largest absolute Gasteiger partial charge is 0.391 e. The summed E-state index contributed by atoms with van der Waals surface area (Å²) in [4.78, 5) is 0. The number of nitrogens with one attached hydrogen (secondary N) is 1. The Bertz CT molecular complexity index is 338. The molecule has 0 radical (unpaired) electrons. The third kappa shape index (κ3) is 2.30. The van der Waals surface area contributed by atoms with Crippen molar-refractivity contribution >= 4 is 5.69 Å². The van der Waals surface area contributed by atoms with Crippen LogP contribution in [0.4, 0.5) is 5.69 Å². The molecule has 1 unspecified atom stereocenters. The van der Waals surface area contributed by atoms with Gasteiger partial charge in [-0.15, -0.1) is 0 Å². The zero-order valence-corrected chi connectivity index (χ0v) is 8.99. The Morgan fingerprint density at radius 2 is 2.40 bits per heavy atom. The summed E-state index contributed by atoms with van der Waals surface area (Å²) < 4.78 is 5.08. The van der Waals surface area contributed by atoms with Gasteiger partial charge >= 0.3 is 0 Å². The van der Waals surface area contributed by atoms with Crippen molar-refractivity contribution < 1.29 is 9.84 Å². The summed E-state index contributed by atoms with van der Waals surface area (Å²) >= 11 is 0. The molecule has 2 rings (SSSR count). The number of β-amino-alcohol motifs (C(OH)–C–C–N with tert-alkyl or cyclic N) is 1. The maximum Gasteiger partial charge on any atom is 0.0753 e. The number of ether oxygens (including phenoxy) is 1. The van der Waals surface area contributed by atoms with E-state index < -0.39 is 0 Å². The third-order valence-electron chi connectivity index (χ3n) is 2.78. The van der Waals surface area contributed by atoms with Crippen LogP contribution in [0.2, 0.25) is 0 Å². The number of benzene rings is 1. The van der Waals surface area contributed by atoms with Crippen LogP contribution >= 0.6 is 0 Å². The number of rotatable bonds is 3. The van der Waals surface area contributed by atoms with Gasteiger partial charge in [0.1, 0.15) is 0 Å². The first-order valence-corrected chi connectivity index (χ1v) is 5.33. The Morgan fingerprint density at radius 1 is 1.53 bits per heavy atom. The SMILES string of the molecule is COCCc1cccc2c1NCC(O)C2. The molecule has 1 aromatic carbocycles. The quantitative estimate of drug-likeness (QED) is 0.782. The zero-order valence-electron chi connectivity index (χ0n) is 8.99. The van der Waals surface area contributed by atoms with Crippen LogP contribution in [0.5, 0.6) is 0 Å². The summed E-state index contributed by atoms with van der Waals surface area (Å²) in [6, 6.07) is 6.23. The first kappa shape index (κ1) is 10.5. The molecule has 15 heavy (non-hydrogen) atoms. The number of hydrogen-bond donors (Lipinski definition) is 2. The lowest BCUT2D eigenvalue weighted by molar-refractivity contribution is 0.184. The molecule has 0 spiro atoms. The number of anilines is 1. The molecule has 1 aliphatic heterocycles. The number of aliphatic hydroxyl groups is 1. The van der Waals surface area contributed by atoms with Crippen molar-refractivity contribution in [1.29, 1.82) is 0 Å². The van der Waals surface area contributed by atoms with E-state index in [1.165, 1.54) is 16.8 Å². The third-order valence-corrected chi connectivity index (χ3v) is 2.78. The Kier molecular flexibility index (Phi) is 3.23. The van der Waals surface area contributed by atoms with Crippen LogP contribution in [0.15, 0.2) is 18.2 Å². The molecule has 1 aliphatic rings. The summed E-state index contributed by atoms with van der Waals surface area (Å²) in [6.45, 7) is 1.39. The fourth-order valence-electron chi connectivity index (χ4n) is 2.02. The fraction of sp³-hybridized carbons (Fsp3) is 0.500. The molecular weight excluding hydrogens is 190 g/mol. The van der Waals surface area contributed by atoms with E-state index in [0.717, 1.165) is 19.4 Å². The van der Waals surface area contributed by atoms with Gasteiger partial charge in [-0.3, -0.25) is 0 Å². The van der Waals surface area contributed by atoms with Crippen LogP contribution in [0.3, 0.4) is 0 Å². The molecule has 1 heterocycles. The highest BCUT2D eigenvalue weighted by Crippen LogP contribution is 2.26. The molecule has 0 fully saturated rings. The van der Waals surface area contributed by atoms with Gasteiger partial charge < -0.3 is 15.2 Å². The highest BCUT2D eigenvalue weighted by molar-refractivity contribution is 5.59. The normalized spacial score (nSPS) is 19.5. The molecule has 3 nitrogen and oxygen atoms in total. The average molecular weight is 207 g/mol. The second-order valence-corrected chi connectivity index (χ2v) is 3.93. The van der Waals surface area contributed by atoms with Gasteiger partial charge in [0.25, 0.3) is 0 Å². The molecule has 82 valence electrons.